The van der Waals surface area contributed by atoms with Crippen LogP contribution in [0.25, 0.3) is 0 Å². The van der Waals surface area contributed by atoms with E-state index < -0.39 is 4.87 Å². The summed E-state index contributed by atoms with van der Waals surface area (Å²) in [5.41, 5.74) is 0. The predicted octanol–water partition coefficient (Wildman–Crippen LogP) is 2.68. The first kappa shape index (κ1) is 7.72. The van der Waals surface area contributed by atoms with E-state index in [1.54, 1.807) is 12.2 Å². The maximum absolute atomic E-state index is 5.91. The molecule has 0 aliphatic heterocycles. The second kappa shape index (κ2) is 2.70. The Morgan fingerprint density at radius 3 is 2.80 bits per heavy atom. The largest absolute Gasteiger partial charge is 0.128 e. The number of hydrogen-bond donors (Lipinski definition) is 0. The van der Waals surface area contributed by atoms with Crippen LogP contribution in [0, 0.1) is 12.3 Å². The molecule has 0 aromatic rings. The van der Waals surface area contributed by atoms with Crippen molar-refractivity contribution < 1.29 is 0 Å². The molecule has 1 unspecified atom stereocenters. The molecule has 0 heterocycles. The van der Waals surface area contributed by atoms with Crippen LogP contribution in [0.1, 0.15) is 6.42 Å². The minimum atomic E-state index is -0.689. The van der Waals surface area contributed by atoms with E-state index in [4.69, 9.17) is 29.6 Å². The zero-order valence-electron chi connectivity index (χ0n) is 5.27. The van der Waals surface area contributed by atoms with Gasteiger partial charge in [-0.15, -0.1) is 18.0 Å². The van der Waals surface area contributed by atoms with E-state index in [0.29, 0.717) is 11.5 Å². The van der Waals surface area contributed by atoms with Gasteiger partial charge in [0.25, 0.3) is 0 Å². The molecule has 1 aliphatic rings. The number of alkyl halides is 1. The average molecular weight is 173 g/mol. The van der Waals surface area contributed by atoms with E-state index in [-0.39, 0.29) is 0 Å². The van der Waals surface area contributed by atoms with Gasteiger partial charge in [-0.3, -0.25) is 0 Å². The predicted molar refractivity (Wildman–Crippen MR) is 45.1 cm³/mol. The monoisotopic (exact) mass is 172 g/mol. The lowest BCUT2D eigenvalue weighted by Crippen LogP contribution is -2.15. The SMILES string of the molecule is C#CC1(Cl)C=C(Cl)C=CC1. The number of rotatable bonds is 0. The zero-order valence-corrected chi connectivity index (χ0v) is 6.78. The molecule has 0 aromatic carbocycles. The summed E-state index contributed by atoms with van der Waals surface area (Å²) in [5, 5.41) is 0.610. The number of allylic oxidation sites excluding steroid dienone is 4. The summed E-state index contributed by atoms with van der Waals surface area (Å²) in [6.45, 7) is 0. The van der Waals surface area contributed by atoms with Crippen molar-refractivity contribution in [1.29, 1.82) is 0 Å². The van der Waals surface area contributed by atoms with Crippen molar-refractivity contribution in [2.75, 3.05) is 0 Å². The molecule has 0 aromatic heterocycles. The second-order valence-electron chi connectivity index (χ2n) is 2.14. The fourth-order valence-electron chi connectivity index (χ4n) is 0.769. The Hall–Kier alpha value is -0.380. The summed E-state index contributed by atoms with van der Waals surface area (Å²) < 4.78 is 0. The molecule has 0 saturated carbocycles. The van der Waals surface area contributed by atoms with Crippen LogP contribution in [-0.2, 0) is 0 Å². The van der Waals surface area contributed by atoms with Crippen LogP contribution >= 0.6 is 23.2 Å². The molecular weight excluding hydrogens is 167 g/mol. The van der Waals surface area contributed by atoms with Crippen LogP contribution in [-0.4, -0.2) is 4.87 Å². The van der Waals surface area contributed by atoms with Crippen molar-refractivity contribution in [1.82, 2.24) is 0 Å². The molecule has 0 amide bonds. The summed E-state index contributed by atoms with van der Waals surface area (Å²) in [6.07, 6.45) is 11.2. The van der Waals surface area contributed by atoms with Crippen LogP contribution in [0.3, 0.4) is 0 Å². The maximum Gasteiger partial charge on any atom is 0.128 e. The van der Waals surface area contributed by atoms with Gasteiger partial charge in [0.2, 0.25) is 0 Å². The maximum atomic E-state index is 5.91. The van der Waals surface area contributed by atoms with E-state index in [1.165, 1.54) is 0 Å². The standard InChI is InChI=1S/C8H6Cl2/c1-2-8(10)5-3-4-7(9)6-8/h1,3-4,6H,5H2. The summed E-state index contributed by atoms with van der Waals surface area (Å²) in [7, 11) is 0. The highest BCUT2D eigenvalue weighted by Gasteiger charge is 2.22. The van der Waals surface area contributed by atoms with E-state index in [2.05, 4.69) is 5.92 Å². The average Bonchev–Trinajstić information content (AvgIpc) is 1.88. The molecule has 0 saturated heterocycles. The van der Waals surface area contributed by atoms with Crippen LogP contribution in [0.2, 0.25) is 0 Å². The number of hydrogen-bond acceptors (Lipinski definition) is 0. The fraction of sp³-hybridized carbons (Fsp3) is 0.250. The second-order valence-corrected chi connectivity index (χ2v) is 3.25. The Morgan fingerprint density at radius 2 is 2.40 bits per heavy atom. The third-order valence-electron chi connectivity index (χ3n) is 1.30. The molecule has 0 radical (unpaired) electrons. The summed E-state index contributed by atoms with van der Waals surface area (Å²) in [4.78, 5) is -0.689. The van der Waals surface area contributed by atoms with Crippen LogP contribution in [0.4, 0.5) is 0 Å². The smallest absolute Gasteiger partial charge is 0.118 e. The van der Waals surface area contributed by atoms with Crippen molar-refractivity contribution in [2.24, 2.45) is 0 Å². The van der Waals surface area contributed by atoms with Gasteiger partial charge in [-0.05, 0) is 18.6 Å². The lowest BCUT2D eigenvalue weighted by molar-refractivity contribution is 0.894. The molecule has 1 aliphatic carbocycles. The fourth-order valence-corrected chi connectivity index (χ4v) is 1.31. The molecule has 52 valence electrons. The summed E-state index contributed by atoms with van der Waals surface area (Å²) >= 11 is 11.6. The topological polar surface area (TPSA) is 0 Å². The van der Waals surface area contributed by atoms with Crippen molar-refractivity contribution in [2.45, 2.75) is 11.3 Å². The highest BCUT2D eigenvalue weighted by molar-refractivity contribution is 6.34. The van der Waals surface area contributed by atoms with Gasteiger partial charge in [-0.1, -0.05) is 23.6 Å². The Balaban J connectivity index is 2.89. The lowest BCUT2D eigenvalue weighted by Gasteiger charge is -2.17. The molecule has 1 rings (SSSR count). The van der Waals surface area contributed by atoms with Gasteiger partial charge in [0.1, 0.15) is 4.87 Å². The van der Waals surface area contributed by atoms with Gasteiger partial charge >= 0.3 is 0 Å². The van der Waals surface area contributed by atoms with Gasteiger partial charge in [0, 0.05) is 5.03 Å². The highest BCUT2D eigenvalue weighted by Crippen LogP contribution is 2.28. The van der Waals surface area contributed by atoms with E-state index >= 15 is 0 Å². The van der Waals surface area contributed by atoms with Gasteiger partial charge in [-0.2, -0.15) is 0 Å². The first-order valence-electron chi connectivity index (χ1n) is 2.88. The van der Waals surface area contributed by atoms with Gasteiger partial charge in [0.15, 0.2) is 0 Å². The minimum Gasteiger partial charge on any atom is -0.118 e. The van der Waals surface area contributed by atoms with Crippen molar-refractivity contribution in [3.8, 4) is 12.3 Å². The minimum absolute atomic E-state index is 0.610. The lowest BCUT2D eigenvalue weighted by atomic mass is 10.0. The molecule has 0 N–H and O–H groups in total. The molecule has 0 fully saturated rings. The molecule has 2 heteroatoms. The Kier molecular flexibility index (Phi) is 2.08. The molecule has 0 bridgehead atoms. The van der Waals surface area contributed by atoms with Crippen LogP contribution in [0.15, 0.2) is 23.3 Å². The molecule has 10 heavy (non-hydrogen) atoms. The number of halogens is 2. The first-order valence-corrected chi connectivity index (χ1v) is 3.63. The van der Waals surface area contributed by atoms with Gasteiger partial charge in [0.05, 0.1) is 0 Å². The van der Waals surface area contributed by atoms with Gasteiger partial charge in [-0.25, -0.2) is 0 Å². The molecule has 1 atom stereocenters. The van der Waals surface area contributed by atoms with Crippen molar-refractivity contribution in [3.63, 3.8) is 0 Å². The van der Waals surface area contributed by atoms with Crippen LogP contribution in [0.5, 0.6) is 0 Å². The van der Waals surface area contributed by atoms with E-state index in [1.807, 2.05) is 6.08 Å². The Morgan fingerprint density at radius 1 is 1.70 bits per heavy atom. The molecule has 0 spiro atoms. The molecular formula is C8H6Cl2. The number of terminal acetylenes is 1. The summed E-state index contributed by atoms with van der Waals surface area (Å²) in [5.74, 6) is 2.46. The summed E-state index contributed by atoms with van der Waals surface area (Å²) in [6, 6.07) is 0. The van der Waals surface area contributed by atoms with Crippen molar-refractivity contribution in [3.05, 3.63) is 23.3 Å². The highest BCUT2D eigenvalue weighted by atomic mass is 35.5. The third kappa shape index (κ3) is 1.56. The Bertz CT molecular complexity index is 232. The first-order chi connectivity index (χ1) is 4.66. The quantitative estimate of drug-likeness (QED) is 0.390. The molecule has 0 nitrogen and oxygen atoms in total. The zero-order chi connectivity index (χ0) is 7.61. The van der Waals surface area contributed by atoms with Crippen molar-refractivity contribution >= 4 is 23.2 Å². The van der Waals surface area contributed by atoms with E-state index in [0.717, 1.165) is 0 Å². The normalized spacial score (nSPS) is 31.1. The Labute approximate surface area is 70.5 Å². The van der Waals surface area contributed by atoms with Crippen LogP contribution < -0.4 is 0 Å². The van der Waals surface area contributed by atoms with Gasteiger partial charge < -0.3 is 0 Å². The van der Waals surface area contributed by atoms with E-state index in [9.17, 15) is 0 Å². The third-order valence-corrected chi connectivity index (χ3v) is 1.91.